The van der Waals surface area contributed by atoms with Gasteiger partial charge in [0.25, 0.3) is 5.91 Å². The van der Waals surface area contributed by atoms with E-state index in [1.807, 2.05) is 0 Å². The number of benzene rings is 1. The zero-order valence-electron chi connectivity index (χ0n) is 12.1. The minimum absolute atomic E-state index is 0.123. The number of amides is 1. The lowest BCUT2D eigenvalue weighted by molar-refractivity contribution is 0.0792. The lowest BCUT2D eigenvalue weighted by atomic mass is 9.99. The number of sulfonamides is 1. The van der Waals surface area contributed by atoms with Crippen LogP contribution >= 0.6 is 11.3 Å². The van der Waals surface area contributed by atoms with E-state index in [9.17, 15) is 17.6 Å². The van der Waals surface area contributed by atoms with Gasteiger partial charge in [-0.05, 0) is 35.6 Å². The molecule has 0 spiro atoms. The van der Waals surface area contributed by atoms with Gasteiger partial charge in [-0.3, -0.25) is 4.79 Å². The normalized spacial score (nSPS) is 18.3. The molecule has 2 N–H and O–H groups in total. The van der Waals surface area contributed by atoms with Crippen molar-refractivity contribution >= 4 is 27.3 Å². The van der Waals surface area contributed by atoms with Crippen molar-refractivity contribution in [2.75, 3.05) is 13.1 Å². The lowest BCUT2D eigenvalue weighted by Gasteiger charge is -2.16. The molecule has 5 nitrogen and oxygen atoms in total. The van der Waals surface area contributed by atoms with Crippen molar-refractivity contribution in [3.63, 3.8) is 0 Å². The molecule has 0 unspecified atom stereocenters. The van der Waals surface area contributed by atoms with E-state index in [-0.39, 0.29) is 27.4 Å². The number of primary sulfonamides is 1. The van der Waals surface area contributed by atoms with Crippen molar-refractivity contribution in [3.05, 3.63) is 52.0 Å². The molecule has 0 saturated carbocycles. The Labute approximate surface area is 137 Å². The monoisotopic (exact) mass is 354 g/mol. The topological polar surface area (TPSA) is 80.5 Å². The summed E-state index contributed by atoms with van der Waals surface area (Å²) in [5, 5.41) is 6.69. The van der Waals surface area contributed by atoms with E-state index in [4.69, 9.17) is 5.14 Å². The van der Waals surface area contributed by atoms with Crippen LogP contribution in [0.15, 0.2) is 40.6 Å². The summed E-state index contributed by atoms with van der Waals surface area (Å²) < 4.78 is 36.0. The van der Waals surface area contributed by atoms with Crippen molar-refractivity contribution in [1.82, 2.24) is 4.90 Å². The molecule has 1 aromatic carbocycles. The second-order valence-corrected chi connectivity index (χ2v) is 7.89. The highest BCUT2D eigenvalue weighted by molar-refractivity contribution is 7.89. The summed E-state index contributed by atoms with van der Waals surface area (Å²) in [4.78, 5) is 14.2. The quantitative estimate of drug-likeness (QED) is 0.917. The summed E-state index contributed by atoms with van der Waals surface area (Å²) in [5.74, 6) is -0.498. The average molecular weight is 354 g/mol. The molecular weight excluding hydrogens is 339 g/mol. The number of carbonyl (C=O) groups is 1. The van der Waals surface area contributed by atoms with Crippen LogP contribution in [0, 0.1) is 5.82 Å². The molecule has 2 aromatic rings. The summed E-state index contributed by atoms with van der Waals surface area (Å²) in [6.07, 6.45) is 0.757. The number of likely N-dealkylation sites (tertiary alicyclic amines) is 1. The Balaban J connectivity index is 1.78. The maximum atomic E-state index is 13.0. The van der Waals surface area contributed by atoms with Gasteiger partial charge in [0.2, 0.25) is 10.0 Å². The van der Waals surface area contributed by atoms with Crippen molar-refractivity contribution in [2.24, 2.45) is 5.14 Å². The minimum atomic E-state index is -3.91. The first-order chi connectivity index (χ1) is 10.9. The molecule has 1 atom stereocenters. The second-order valence-electron chi connectivity index (χ2n) is 5.45. The highest BCUT2D eigenvalue weighted by Gasteiger charge is 2.31. The number of hydrogen-bond donors (Lipinski definition) is 1. The zero-order chi connectivity index (χ0) is 16.6. The predicted octanol–water partition coefficient (Wildman–Crippen LogP) is 2.16. The molecular formula is C15H15FN2O3S2. The number of hydrogen-bond acceptors (Lipinski definition) is 4. The molecule has 1 amide bonds. The molecule has 8 heteroatoms. The van der Waals surface area contributed by atoms with E-state index < -0.39 is 10.0 Å². The molecule has 1 aromatic heterocycles. The fourth-order valence-corrected chi connectivity index (χ4v) is 4.71. The summed E-state index contributed by atoms with van der Waals surface area (Å²) in [6.45, 7) is 1.01. The molecule has 1 aliphatic heterocycles. The number of halogens is 1. The highest BCUT2D eigenvalue weighted by atomic mass is 32.2. The molecule has 0 aliphatic carbocycles. The van der Waals surface area contributed by atoms with E-state index in [1.165, 1.54) is 18.2 Å². The Morgan fingerprint density at radius 1 is 1.26 bits per heavy atom. The van der Waals surface area contributed by atoms with Gasteiger partial charge in [0.1, 0.15) is 15.6 Å². The van der Waals surface area contributed by atoms with Gasteiger partial charge in [-0.2, -0.15) is 0 Å². The maximum Gasteiger partial charge on any atom is 0.265 e. The predicted molar refractivity (Wildman–Crippen MR) is 85.4 cm³/mol. The second kappa shape index (κ2) is 6.03. The Bertz CT molecular complexity index is 831. The van der Waals surface area contributed by atoms with Crippen molar-refractivity contribution in [3.8, 4) is 0 Å². The number of carbonyl (C=O) groups excluding carboxylic acids is 1. The van der Waals surface area contributed by atoms with E-state index in [2.05, 4.69) is 0 Å². The Morgan fingerprint density at radius 2 is 1.96 bits per heavy atom. The van der Waals surface area contributed by atoms with Crippen molar-refractivity contribution < 1.29 is 17.6 Å². The Hall–Kier alpha value is -1.77. The molecule has 23 heavy (non-hydrogen) atoms. The number of nitrogens with two attached hydrogens (primary N) is 1. The highest BCUT2D eigenvalue weighted by Crippen LogP contribution is 2.30. The summed E-state index contributed by atoms with van der Waals surface area (Å²) in [6, 6.07) is 7.58. The van der Waals surface area contributed by atoms with Crippen LogP contribution in [0.3, 0.4) is 0 Å². The maximum absolute atomic E-state index is 13.0. The Morgan fingerprint density at radius 3 is 2.61 bits per heavy atom. The standard InChI is InChI=1S/C15H15FN2O3S2/c16-12-3-1-10(2-4-12)11-5-7-18(9-11)15(19)14-13(6-8-22-14)23(17,20)21/h1-4,6,8,11H,5,7,9H2,(H2,17,20,21)/t11-/m0/s1. The smallest absolute Gasteiger partial charge is 0.265 e. The number of thiophene rings is 1. The SMILES string of the molecule is NS(=O)(=O)c1ccsc1C(=O)N1CC[C@H](c2ccc(F)cc2)C1. The average Bonchev–Trinajstić information content (AvgIpc) is 3.16. The molecule has 1 fully saturated rings. The summed E-state index contributed by atoms with van der Waals surface area (Å²) in [7, 11) is -3.91. The zero-order valence-corrected chi connectivity index (χ0v) is 13.7. The van der Waals surface area contributed by atoms with Crippen LogP contribution in [0.2, 0.25) is 0 Å². The van der Waals surface area contributed by atoms with Crippen molar-refractivity contribution in [1.29, 1.82) is 0 Å². The van der Waals surface area contributed by atoms with E-state index in [0.717, 1.165) is 23.3 Å². The molecule has 0 radical (unpaired) electrons. The first-order valence-corrected chi connectivity index (χ1v) is 9.44. The number of nitrogens with zero attached hydrogens (tertiary/aromatic N) is 1. The van der Waals surface area contributed by atoms with Crippen LogP contribution in [-0.2, 0) is 10.0 Å². The first kappa shape index (κ1) is 16.1. The Kier molecular flexibility index (Phi) is 4.22. The third-order valence-corrected chi connectivity index (χ3v) is 5.93. The van der Waals surface area contributed by atoms with E-state index in [1.54, 1.807) is 22.4 Å². The van der Waals surface area contributed by atoms with Crippen LogP contribution in [0.4, 0.5) is 4.39 Å². The third kappa shape index (κ3) is 3.29. The molecule has 3 rings (SSSR count). The van der Waals surface area contributed by atoms with Gasteiger partial charge in [0.15, 0.2) is 0 Å². The molecule has 1 aliphatic rings. The van der Waals surface area contributed by atoms with Crippen LogP contribution in [0.25, 0.3) is 0 Å². The minimum Gasteiger partial charge on any atom is -0.337 e. The molecule has 1 saturated heterocycles. The van der Waals surface area contributed by atoms with Gasteiger partial charge in [0, 0.05) is 19.0 Å². The fraction of sp³-hybridized carbons (Fsp3) is 0.267. The molecule has 2 heterocycles. The van der Waals surface area contributed by atoms with Gasteiger partial charge < -0.3 is 4.90 Å². The first-order valence-electron chi connectivity index (χ1n) is 7.01. The lowest BCUT2D eigenvalue weighted by Crippen LogP contribution is -2.29. The summed E-state index contributed by atoms with van der Waals surface area (Å²) in [5.41, 5.74) is 0.972. The van der Waals surface area contributed by atoms with Crippen LogP contribution in [-0.4, -0.2) is 32.3 Å². The van der Waals surface area contributed by atoms with Crippen LogP contribution in [0.1, 0.15) is 27.6 Å². The van der Waals surface area contributed by atoms with Gasteiger partial charge >= 0.3 is 0 Å². The van der Waals surface area contributed by atoms with Gasteiger partial charge in [-0.1, -0.05) is 12.1 Å². The fourth-order valence-electron chi connectivity index (χ4n) is 2.77. The molecule has 122 valence electrons. The van der Waals surface area contributed by atoms with Gasteiger partial charge in [0.05, 0.1) is 0 Å². The van der Waals surface area contributed by atoms with Crippen molar-refractivity contribution in [2.45, 2.75) is 17.2 Å². The molecule has 0 bridgehead atoms. The van der Waals surface area contributed by atoms with E-state index in [0.29, 0.717) is 13.1 Å². The van der Waals surface area contributed by atoms with Gasteiger partial charge in [-0.15, -0.1) is 11.3 Å². The number of rotatable bonds is 3. The van der Waals surface area contributed by atoms with E-state index >= 15 is 0 Å². The third-order valence-electron chi connectivity index (χ3n) is 3.95. The van der Waals surface area contributed by atoms with Crippen LogP contribution < -0.4 is 5.14 Å². The van der Waals surface area contributed by atoms with Gasteiger partial charge in [-0.25, -0.2) is 17.9 Å². The van der Waals surface area contributed by atoms with Crippen LogP contribution in [0.5, 0.6) is 0 Å². The largest absolute Gasteiger partial charge is 0.337 e. The summed E-state index contributed by atoms with van der Waals surface area (Å²) >= 11 is 1.07.